The first kappa shape index (κ1) is 13.2. The van der Waals surface area contributed by atoms with Crippen LogP contribution in [0, 0.1) is 0 Å². The minimum Gasteiger partial charge on any atom is -0.454 e. The summed E-state index contributed by atoms with van der Waals surface area (Å²) < 4.78 is 16.5. The van der Waals surface area contributed by atoms with Crippen molar-refractivity contribution < 1.29 is 14.2 Å². The van der Waals surface area contributed by atoms with Crippen molar-refractivity contribution in [2.75, 3.05) is 36.8 Å². The molecule has 2 aliphatic heterocycles. The lowest BCUT2D eigenvalue weighted by Gasteiger charge is -2.36. The summed E-state index contributed by atoms with van der Waals surface area (Å²) in [5, 5.41) is 3.06. The van der Waals surface area contributed by atoms with Crippen LogP contribution in [-0.4, -0.2) is 42.9 Å². The van der Waals surface area contributed by atoms with Crippen molar-refractivity contribution in [1.29, 1.82) is 0 Å². The van der Waals surface area contributed by atoms with Gasteiger partial charge in [-0.2, -0.15) is 0 Å². The molecule has 3 heterocycles. The Balaban J connectivity index is 1.84. The molecule has 1 aromatic carbocycles. The number of nitrogens with zero attached hydrogens (tertiary/aromatic N) is 2. The largest absolute Gasteiger partial charge is 0.454 e. The minimum absolute atomic E-state index is 0.288. The Morgan fingerprint density at radius 2 is 2.14 bits per heavy atom. The molecule has 2 aliphatic rings. The number of ether oxygens (including phenoxy) is 3. The molecule has 0 saturated carbocycles. The predicted octanol–water partition coefficient (Wildman–Crippen LogP) is 2.56. The molecule has 0 bridgehead atoms. The molecule has 6 heteroatoms. The third-order valence-corrected chi connectivity index (χ3v) is 4.66. The van der Waals surface area contributed by atoms with Gasteiger partial charge in [0.25, 0.3) is 0 Å². The van der Waals surface area contributed by atoms with Crippen LogP contribution in [0.25, 0.3) is 10.8 Å². The second kappa shape index (κ2) is 5.35. The zero-order valence-electron chi connectivity index (χ0n) is 11.4. The summed E-state index contributed by atoms with van der Waals surface area (Å²) in [5.74, 6) is 2.58. The fourth-order valence-corrected chi connectivity index (χ4v) is 3.37. The molecular weight excluding hydrogens is 336 g/mol. The number of morpholine rings is 1. The average molecular weight is 351 g/mol. The van der Waals surface area contributed by atoms with Gasteiger partial charge in [0.1, 0.15) is 5.82 Å². The Morgan fingerprint density at radius 3 is 3.00 bits per heavy atom. The van der Waals surface area contributed by atoms with Crippen LogP contribution < -0.4 is 14.4 Å². The monoisotopic (exact) mass is 350 g/mol. The summed E-state index contributed by atoms with van der Waals surface area (Å²) in [6.45, 7) is 2.58. The van der Waals surface area contributed by atoms with E-state index < -0.39 is 0 Å². The lowest BCUT2D eigenvalue weighted by atomic mass is 10.1. The quantitative estimate of drug-likeness (QED) is 0.778. The molecule has 0 aliphatic carbocycles. The number of hydrogen-bond acceptors (Lipinski definition) is 5. The van der Waals surface area contributed by atoms with E-state index in [1.807, 2.05) is 24.4 Å². The van der Waals surface area contributed by atoms with Gasteiger partial charge in [-0.1, -0.05) is 15.9 Å². The van der Waals surface area contributed by atoms with Crippen molar-refractivity contribution in [3.05, 3.63) is 24.4 Å². The van der Waals surface area contributed by atoms with E-state index in [0.717, 1.165) is 46.6 Å². The SMILES string of the molecule is BrCC1COCCN1c1nccc2cc3c(cc12)OCO3. The summed E-state index contributed by atoms with van der Waals surface area (Å²) in [6.07, 6.45) is 1.85. The minimum atomic E-state index is 0.288. The van der Waals surface area contributed by atoms with Gasteiger partial charge in [0.05, 0.1) is 19.3 Å². The molecule has 1 saturated heterocycles. The first-order valence-corrected chi connectivity index (χ1v) is 8.07. The number of anilines is 1. The molecule has 2 aromatic rings. The van der Waals surface area contributed by atoms with Crippen LogP contribution in [0.4, 0.5) is 5.82 Å². The molecule has 4 rings (SSSR count). The number of halogens is 1. The zero-order valence-corrected chi connectivity index (χ0v) is 13.0. The van der Waals surface area contributed by atoms with E-state index in [-0.39, 0.29) is 6.79 Å². The van der Waals surface area contributed by atoms with E-state index in [1.54, 1.807) is 0 Å². The highest BCUT2D eigenvalue weighted by molar-refractivity contribution is 9.09. The second-order valence-corrected chi connectivity index (χ2v) is 5.79. The van der Waals surface area contributed by atoms with Gasteiger partial charge in [0.2, 0.25) is 6.79 Å². The summed E-state index contributed by atoms with van der Waals surface area (Å²) in [5.41, 5.74) is 0. The Morgan fingerprint density at radius 1 is 1.29 bits per heavy atom. The molecule has 1 unspecified atom stereocenters. The molecule has 5 nitrogen and oxygen atoms in total. The lowest BCUT2D eigenvalue weighted by molar-refractivity contribution is 0.100. The van der Waals surface area contributed by atoms with Crippen molar-refractivity contribution in [3.63, 3.8) is 0 Å². The topological polar surface area (TPSA) is 43.8 Å². The lowest BCUT2D eigenvalue weighted by Crippen LogP contribution is -2.47. The first-order chi connectivity index (χ1) is 10.4. The number of alkyl halides is 1. The van der Waals surface area contributed by atoms with Crippen molar-refractivity contribution >= 4 is 32.5 Å². The highest BCUT2D eigenvalue weighted by Gasteiger charge is 2.25. The van der Waals surface area contributed by atoms with Gasteiger partial charge in [0, 0.05) is 23.5 Å². The molecule has 0 spiro atoms. The molecule has 1 fully saturated rings. The summed E-state index contributed by atoms with van der Waals surface area (Å²) in [6, 6.07) is 6.35. The normalized spacial score (nSPS) is 21.0. The maximum atomic E-state index is 5.57. The van der Waals surface area contributed by atoms with Crippen LogP contribution >= 0.6 is 15.9 Å². The van der Waals surface area contributed by atoms with Gasteiger partial charge in [-0.25, -0.2) is 4.98 Å². The maximum Gasteiger partial charge on any atom is 0.231 e. The Kier molecular flexibility index (Phi) is 3.35. The molecule has 110 valence electrons. The van der Waals surface area contributed by atoms with Crippen LogP contribution in [0.2, 0.25) is 0 Å². The van der Waals surface area contributed by atoms with Crippen molar-refractivity contribution in [3.8, 4) is 11.5 Å². The van der Waals surface area contributed by atoms with Crippen molar-refractivity contribution in [2.45, 2.75) is 6.04 Å². The Bertz CT molecular complexity index is 679. The number of hydrogen-bond donors (Lipinski definition) is 0. The third kappa shape index (κ3) is 2.22. The molecule has 21 heavy (non-hydrogen) atoms. The van der Waals surface area contributed by atoms with Crippen LogP contribution in [0.15, 0.2) is 24.4 Å². The number of benzene rings is 1. The number of fused-ring (bicyclic) bond motifs is 2. The highest BCUT2D eigenvalue weighted by Crippen LogP contribution is 2.39. The number of pyridine rings is 1. The summed E-state index contributed by atoms with van der Waals surface area (Å²) in [4.78, 5) is 6.92. The van der Waals surface area contributed by atoms with Gasteiger partial charge in [-0.3, -0.25) is 0 Å². The van der Waals surface area contributed by atoms with Crippen molar-refractivity contribution in [2.24, 2.45) is 0 Å². The summed E-state index contributed by atoms with van der Waals surface area (Å²) >= 11 is 3.57. The fourth-order valence-electron chi connectivity index (χ4n) is 2.84. The van der Waals surface area contributed by atoms with E-state index in [2.05, 4.69) is 25.8 Å². The van der Waals surface area contributed by atoms with Gasteiger partial charge in [-0.15, -0.1) is 0 Å². The third-order valence-electron chi connectivity index (χ3n) is 3.91. The Labute approximate surface area is 130 Å². The Hall–Kier alpha value is -1.53. The van der Waals surface area contributed by atoms with Crippen LogP contribution in [-0.2, 0) is 4.74 Å². The smallest absolute Gasteiger partial charge is 0.231 e. The highest BCUT2D eigenvalue weighted by atomic mass is 79.9. The van der Waals surface area contributed by atoms with E-state index in [4.69, 9.17) is 14.2 Å². The van der Waals surface area contributed by atoms with E-state index in [0.29, 0.717) is 12.6 Å². The molecule has 0 radical (unpaired) electrons. The van der Waals surface area contributed by atoms with Crippen LogP contribution in [0.1, 0.15) is 0 Å². The average Bonchev–Trinajstić information content (AvgIpc) is 2.99. The van der Waals surface area contributed by atoms with Gasteiger partial charge in [-0.05, 0) is 23.6 Å². The van der Waals surface area contributed by atoms with Crippen LogP contribution in [0.5, 0.6) is 11.5 Å². The van der Waals surface area contributed by atoms with E-state index >= 15 is 0 Å². The van der Waals surface area contributed by atoms with Gasteiger partial charge < -0.3 is 19.1 Å². The fraction of sp³-hybridized carbons (Fsp3) is 0.400. The predicted molar refractivity (Wildman–Crippen MR) is 83.6 cm³/mol. The van der Waals surface area contributed by atoms with E-state index in [1.165, 1.54) is 0 Å². The maximum absolute atomic E-state index is 5.57. The zero-order chi connectivity index (χ0) is 14.2. The standard InChI is InChI=1S/C15H15BrN2O3/c16-7-11-8-19-4-3-18(11)15-12-6-14-13(20-9-21-14)5-10(12)1-2-17-15/h1-2,5-6,11H,3-4,7-9H2. The second-order valence-electron chi connectivity index (χ2n) is 5.14. The molecular formula is C15H15BrN2O3. The molecule has 0 N–H and O–H groups in total. The molecule has 1 aromatic heterocycles. The van der Waals surface area contributed by atoms with Gasteiger partial charge in [0.15, 0.2) is 11.5 Å². The van der Waals surface area contributed by atoms with Gasteiger partial charge >= 0.3 is 0 Å². The number of aromatic nitrogens is 1. The first-order valence-electron chi connectivity index (χ1n) is 6.95. The number of rotatable bonds is 2. The van der Waals surface area contributed by atoms with Crippen LogP contribution in [0.3, 0.4) is 0 Å². The molecule has 0 amide bonds. The van der Waals surface area contributed by atoms with E-state index in [9.17, 15) is 0 Å². The van der Waals surface area contributed by atoms with Crippen molar-refractivity contribution in [1.82, 2.24) is 4.98 Å². The summed E-state index contributed by atoms with van der Waals surface area (Å²) in [7, 11) is 0. The molecule has 1 atom stereocenters.